The molecule has 2 heterocycles. The van der Waals surface area contributed by atoms with E-state index in [1.807, 2.05) is 0 Å². The predicted octanol–water partition coefficient (Wildman–Crippen LogP) is -0.0817. The second-order valence-corrected chi connectivity index (χ2v) is 6.93. The summed E-state index contributed by atoms with van der Waals surface area (Å²) in [6.07, 6.45) is 2.79. The molecule has 21 heavy (non-hydrogen) atoms. The average molecular weight is 337 g/mol. The van der Waals surface area contributed by atoms with Crippen molar-refractivity contribution in [2.75, 3.05) is 20.1 Å². The molecule has 120 valence electrons. The number of amides is 1. The fourth-order valence-corrected chi connectivity index (χ4v) is 3.84. The largest absolute Gasteiger partial charge is 0.354 e. The molecule has 0 spiro atoms. The van der Waals surface area contributed by atoms with Gasteiger partial charge in [-0.3, -0.25) is 4.79 Å². The van der Waals surface area contributed by atoms with E-state index >= 15 is 0 Å². The van der Waals surface area contributed by atoms with Crippen LogP contribution in [0.2, 0.25) is 0 Å². The van der Waals surface area contributed by atoms with Crippen LogP contribution < -0.4 is 11.1 Å². The summed E-state index contributed by atoms with van der Waals surface area (Å²) in [5.41, 5.74) is 6.11. The van der Waals surface area contributed by atoms with Crippen LogP contribution in [-0.2, 0) is 17.1 Å². The molecule has 0 aliphatic carbocycles. The lowest BCUT2D eigenvalue weighted by Crippen LogP contribution is -2.42. The van der Waals surface area contributed by atoms with Gasteiger partial charge in [0.1, 0.15) is 10.6 Å². The van der Waals surface area contributed by atoms with Gasteiger partial charge in [0.25, 0.3) is 5.91 Å². The van der Waals surface area contributed by atoms with Crippen molar-refractivity contribution in [2.24, 2.45) is 12.8 Å². The molecular weight excluding hydrogens is 316 g/mol. The number of carbonyl (C=O) groups excluding carboxylic acids is 1. The van der Waals surface area contributed by atoms with Gasteiger partial charge in [0.05, 0.1) is 0 Å². The molecule has 0 aromatic carbocycles. The van der Waals surface area contributed by atoms with Gasteiger partial charge in [-0.05, 0) is 18.9 Å². The van der Waals surface area contributed by atoms with E-state index in [2.05, 4.69) is 5.32 Å². The van der Waals surface area contributed by atoms with Crippen LogP contribution in [0.1, 0.15) is 23.3 Å². The van der Waals surface area contributed by atoms with Crippen molar-refractivity contribution >= 4 is 28.3 Å². The van der Waals surface area contributed by atoms with Crippen molar-refractivity contribution in [1.29, 1.82) is 0 Å². The topological polar surface area (TPSA) is 97.4 Å². The zero-order valence-corrected chi connectivity index (χ0v) is 13.7. The lowest BCUT2D eigenvalue weighted by Gasteiger charge is -2.28. The maximum Gasteiger partial charge on any atom is 0.267 e. The molecule has 9 heteroatoms. The van der Waals surface area contributed by atoms with Gasteiger partial charge in [0.15, 0.2) is 0 Å². The Hall–Kier alpha value is -1.09. The normalized spacial score (nSPS) is 17.3. The maximum atomic E-state index is 12.5. The summed E-state index contributed by atoms with van der Waals surface area (Å²) in [7, 11) is -0.394. The second-order valence-electron chi connectivity index (χ2n) is 4.99. The fraction of sp³-hybridized carbons (Fsp3) is 0.583. The van der Waals surface area contributed by atoms with Crippen molar-refractivity contribution in [3.63, 3.8) is 0 Å². The van der Waals surface area contributed by atoms with Crippen LogP contribution in [0.3, 0.4) is 0 Å². The van der Waals surface area contributed by atoms with Crippen molar-refractivity contribution in [3.05, 3.63) is 18.0 Å². The summed E-state index contributed by atoms with van der Waals surface area (Å²) in [4.78, 5) is 11.8. The quantitative estimate of drug-likeness (QED) is 0.806. The minimum Gasteiger partial charge on any atom is -0.354 e. The molecule has 1 aromatic rings. The minimum atomic E-state index is -3.55. The zero-order valence-electron chi connectivity index (χ0n) is 12.1. The third-order valence-electron chi connectivity index (χ3n) is 3.58. The highest BCUT2D eigenvalue weighted by molar-refractivity contribution is 7.89. The Bertz CT molecular complexity index is 606. The zero-order chi connectivity index (χ0) is 14.9. The summed E-state index contributed by atoms with van der Waals surface area (Å²) < 4.78 is 28.0. The van der Waals surface area contributed by atoms with Crippen LogP contribution in [0.15, 0.2) is 17.2 Å². The first-order chi connectivity index (χ1) is 9.36. The number of hydrogen-bond donors (Lipinski definition) is 2. The van der Waals surface area contributed by atoms with Crippen LogP contribution >= 0.6 is 12.4 Å². The molecule has 1 amide bonds. The van der Waals surface area contributed by atoms with E-state index in [1.54, 1.807) is 7.05 Å². The van der Waals surface area contributed by atoms with Gasteiger partial charge in [-0.2, -0.15) is 4.31 Å². The summed E-state index contributed by atoms with van der Waals surface area (Å²) in [6, 6.07) is 1.47. The van der Waals surface area contributed by atoms with Gasteiger partial charge in [0, 0.05) is 39.4 Å². The first-order valence-corrected chi connectivity index (χ1v) is 7.94. The van der Waals surface area contributed by atoms with Crippen molar-refractivity contribution in [2.45, 2.75) is 23.8 Å². The molecule has 0 unspecified atom stereocenters. The van der Waals surface area contributed by atoms with Gasteiger partial charge in [-0.1, -0.05) is 0 Å². The number of rotatable bonds is 3. The lowest BCUT2D eigenvalue weighted by molar-refractivity contribution is 0.0955. The molecule has 3 N–H and O–H groups in total. The number of aryl methyl sites for hydroxylation is 1. The monoisotopic (exact) mass is 336 g/mol. The Morgan fingerprint density at radius 1 is 1.38 bits per heavy atom. The minimum absolute atomic E-state index is 0. The molecule has 1 saturated heterocycles. The van der Waals surface area contributed by atoms with Gasteiger partial charge < -0.3 is 15.6 Å². The number of carbonyl (C=O) groups is 1. The first kappa shape index (κ1) is 18.0. The summed E-state index contributed by atoms with van der Waals surface area (Å²) in [5.74, 6) is -0.311. The van der Waals surface area contributed by atoms with E-state index in [-0.39, 0.29) is 29.3 Å². The smallest absolute Gasteiger partial charge is 0.267 e. The molecule has 1 aliphatic rings. The van der Waals surface area contributed by atoms with Gasteiger partial charge in [-0.25, -0.2) is 8.42 Å². The second kappa shape index (κ2) is 6.78. The van der Waals surface area contributed by atoms with Crippen molar-refractivity contribution < 1.29 is 13.2 Å². The number of nitrogens with one attached hydrogen (secondary N) is 1. The third kappa shape index (κ3) is 3.57. The van der Waals surface area contributed by atoms with E-state index in [9.17, 15) is 13.2 Å². The van der Waals surface area contributed by atoms with E-state index in [0.29, 0.717) is 31.6 Å². The number of nitrogens with zero attached hydrogens (tertiary/aromatic N) is 2. The molecule has 0 radical (unpaired) electrons. The Balaban J connectivity index is 0.00000220. The number of hydrogen-bond acceptors (Lipinski definition) is 4. The maximum absolute atomic E-state index is 12.5. The predicted molar refractivity (Wildman–Crippen MR) is 82.0 cm³/mol. The highest BCUT2D eigenvalue weighted by Crippen LogP contribution is 2.22. The van der Waals surface area contributed by atoms with Crippen LogP contribution in [0, 0.1) is 0 Å². The van der Waals surface area contributed by atoms with Crippen molar-refractivity contribution in [1.82, 2.24) is 14.2 Å². The fourth-order valence-electron chi connectivity index (χ4n) is 2.29. The number of sulfonamides is 1. The first-order valence-electron chi connectivity index (χ1n) is 6.50. The van der Waals surface area contributed by atoms with E-state index < -0.39 is 10.0 Å². The summed E-state index contributed by atoms with van der Waals surface area (Å²) >= 11 is 0. The summed E-state index contributed by atoms with van der Waals surface area (Å²) in [5, 5.41) is 2.49. The highest BCUT2D eigenvalue weighted by Gasteiger charge is 2.30. The van der Waals surface area contributed by atoms with Crippen LogP contribution in [-0.4, -0.2) is 49.4 Å². The molecule has 1 aromatic heterocycles. The number of halogens is 1. The Labute approximate surface area is 130 Å². The van der Waals surface area contributed by atoms with Crippen molar-refractivity contribution in [3.8, 4) is 0 Å². The molecule has 2 rings (SSSR count). The molecule has 0 saturated carbocycles. The third-order valence-corrected chi connectivity index (χ3v) is 5.44. The van der Waals surface area contributed by atoms with Crippen LogP contribution in [0.25, 0.3) is 0 Å². The average Bonchev–Trinajstić information content (AvgIpc) is 2.81. The molecule has 0 atom stereocenters. The SMILES string of the molecule is CNC(=O)c1cc(S(=O)(=O)N2CCC(N)CC2)cn1C.Cl. The number of nitrogens with two attached hydrogens (primary N) is 1. The Morgan fingerprint density at radius 3 is 2.48 bits per heavy atom. The highest BCUT2D eigenvalue weighted by atomic mass is 35.5. The molecule has 7 nitrogen and oxygen atoms in total. The van der Waals surface area contributed by atoms with Crippen LogP contribution in [0.4, 0.5) is 0 Å². The summed E-state index contributed by atoms with van der Waals surface area (Å²) in [6.45, 7) is 0.849. The molecule has 0 bridgehead atoms. The van der Waals surface area contributed by atoms with Gasteiger partial charge in [-0.15, -0.1) is 12.4 Å². The van der Waals surface area contributed by atoms with Crippen LogP contribution in [0.5, 0.6) is 0 Å². The Morgan fingerprint density at radius 2 is 1.95 bits per heavy atom. The Kier molecular flexibility index (Phi) is 5.80. The molecule has 1 aliphatic heterocycles. The molecule has 1 fully saturated rings. The van der Waals surface area contributed by atoms with E-state index in [0.717, 1.165) is 0 Å². The van der Waals surface area contributed by atoms with E-state index in [1.165, 1.54) is 28.2 Å². The van der Waals surface area contributed by atoms with Gasteiger partial charge in [0.2, 0.25) is 10.0 Å². The standard InChI is InChI=1S/C12H20N4O3S.ClH/c1-14-12(17)11-7-10(8-15(11)2)20(18,19)16-5-3-9(13)4-6-16;/h7-9H,3-6,13H2,1-2H3,(H,14,17);1H. The molecular formula is C12H21ClN4O3S. The number of piperidine rings is 1. The lowest BCUT2D eigenvalue weighted by atomic mass is 10.1. The van der Waals surface area contributed by atoms with E-state index in [4.69, 9.17) is 5.73 Å². The van der Waals surface area contributed by atoms with Gasteiger partial charge >= 0.3 is 0 Å². The number of aromatic nitrogens is 1.